The first-order valence-electron chi connectivity index (χ1n) is 8.91. The SMILES string of the molecule is C=C1CC[C@H]2[C@@](C)(CCC[C@]2(C)C=CC=C(C)C)[C@@H]1CC(=O)O. The van der Waals surface area contributed by atoms with Crippen molar-refractivity contribution in [2.24, 2.45) is 22.7 Å². The number of fused-ring (bicyclic) bond motifs is 1. The van der Waals surface area contributed by atoms with Crippen molar-refractivity contribution >= 4 is 5.97 Å². The van der Waals surface area contributed by atoms with Crippen LogP contribution in [0, 0.1) is 22.7 Å². The van der Waals surface area contributed by atoms with Crippen LogP contribution in [0.4, 0.5) is 0 Å². The molecule has 0 aromatic heterocycles. The lowest BCUT2D eigenvalue weighted by atomic mass is 9.46. The third-order valence-electron chi connectivity index (χ3n) is 6.35. The summed E-state index contributed by atoms with van der Waals surface area (Å²) in [5.74, 6) is -0.0268. The molecule has 2 rings (SSSR count). The first-order chi connectivity index (χ1) is 10.7. The van der Waals surface area contributed by atoms with Gasteiger partial charge in [-0.25, -0.2) is 0 Å². The van der Waals surface area contributed by atoms with Gasteiger partial charge in [0.15, 0.2) is 0 Å². The van der Waals surface area contributed by atoms with E-state index >= 15 is 0 Å². The Kier molecular flexibility index (Phi) is 5.23. The fourth-order valence-electron chi connectivity index (χ4n) is 5.21. The van der Waals surface area contributed by atoms with Crippen molar-refractivity contribution in [1.82, 2.24) is 0 Å². The lowest BCUT2D eigenvalue weighted by Gasteiger charge is -2.58. The molecule has 2 nitrogen and oxygen atoms in total. The highest BCUT2D eigenvalue weighted by Crippen LogP contribution is 2.62. The molecule has 0 heterocycles. The van der Waals surface area contributed by atoms with Gasteiger partial charge in [0.2, 0.25) is 0 Å². The van der Waals surface area contributed by atoms with E-state index in [4.69, 9.17) is 0 Å². The van der Waals surface area contributed by atoms with E-state index in [0.29, 0.717) is 5.92 Å². The number of aliphatic carboxylic acids is 1. The number of hydrogen-bond donors (Lipinski definition) is 1. The van der Waals surface area contributed by atoms with E-state index in [1.54, 1.807) is 0 Å². The highest BCUT2D eigenvalue weighted by atomic mass is 16.4. The fourth-order valence-corrected chi connectivity index (χ4v) is 5.21. The van der Waals surface area contributed by atoms with E-state index < -0.39 is 5.97 Å². The van der Waals surface area contributed by atoms with Crippen molar-refractivity contribution in [2.75, 3.05) is 0 Å². The Labute approximate surface area is 141 Å². The zero-order valence-corrected chi connectivity index (χ0v) is 15.2. The van der Waals surface area contributed by atoms with Crippen LogP contribution in [-0.4, -0.2) is 11.1 Å². The van der Waals surface area contributed by atoms with Crippen molar-refractivity contribution in [3.63, 3.8) is 0 Å². The molecule has 0 aliphatic heterocycles. The minimum absolute atomic E-state index is 0.0655. The maximum atomic E-state index is 11.4. The van der Waals surface area contributed by atoms with E-state index in [0.717, 1.165) is 24.8 Å². The summed E-state index contributed by atoms with van der Waals surface area (Å²) in [6.45, 7) is 13.2. The second kappa shape index (κ2) is 6.67. The lowest BCUT2D eigenvalue weighted by molar-refractivity contribution is -0.141. The first-order valence-corrected chi connectivity index (χ1v) is 8.91. The number of allylic oxidation sites excluding steroid dienone is 5. The average Bonchev–Trinajstić information content (AvgIpc) is 2.42. The summed E-state index contributed by atoms with van der Waals surface area (Å²) < 4.78 is 0. The molecule has 23 heavy (non-hydrogen) atoms. The van der Waals surface area contributed by atoms with Crippen molar-refractivity contribution < 1.29 is 9.90 Å². The second-order valence-corrected chi connectivity index (χ2v) is 8.37. The molecule has 0 aromatic rings. The van der Waals surface area contributed by atoms with Gasteiger partial charge < -0.3 is 5.11 Å². The van der Waals surface area contributed by atoms with Gasteiger partial charge in [-0.3, -0.25) is 4.79 Å². The maximum Gasteiger partial charge on any atom is 0.303 e. The van der Waals surface area contributed by atoms with Crippen molar-refractivity contribution in [2.45, 2.75) is 66.2 Å². The molecule has 0 unspecified atom stereocenters. The molecule has 2 saturated carbocycles. The van der Waals surface area contributed by atoms with Crippen molar-refractivity contribution in [3.8, 4) is 0 Å². The van der Waals surface area contributed by atoms with Gasteiger partial charge in [0.1, 0.15) is 0 Å². The van der Waals surface area contributed by atoms with Crippen LogP contribution >= 0.6 is 0 Å². The minimum atomic E-state index is -0.689. The number of carbonyl (C=O) groups is 1. The van der Waals surface area contributed by atoms with Gasteiger partial charge in [0.25, 0.3) is 0 Å². The number of carboxylic acid groups (broad SMARTS) is 1. The summed E-state index contributed by atoms with van der Waals surface area (Å²) in [6.07, 6.45) is 12.6. The highest BCUT2D eigenvalue weighted by molar-refractivity contribution is 5.67. The average molecular weight is 316 g/mol. The van der Waals surface area contributed by atoms with Crippen LogP contribution in [0.15, 0.2) is 36.0 Å². The molecule has 0 aromatic carbocycles. The summed E-state index contributed by atoms with van der Waals surface area (Å²) in [5.41, 5.74) is 2.69. The van der Waals surface area contributed by atoms with Gasteiger partial charge in [-0.15, -0.1) is 0 Å². The molecule has 128 valence electrons. The van der Waals surface area contributed by atoms with E-state index in [1.165, 1.54) is 18.4 Å². The topological polar surface area (TPSA) is 37.3 Å². The molecule has 0 spiro atoms. The number of rotatable bonds is 4. The van der Waals surface area contributed by atoms with Gasteiger partial charge in [-0.1, -0.05) is 56.2 Å². The van der Waals surface area contributed by atoms with E-state index in [2.05, 4.69) is 52.5 Å². The first kappa shape index (κ1) is 18.0. The Morgan fingerprint density at radius 2 is 2.04 bits per heavy atom. The van der Waals surface area contributed by atoms with Crippen molar-refractivity contribution in [1.29, 1.82) is 0 Å². The van der Waals surface area contributed by atoms with Crippen LogP contribution in [-0.2, 0) is 4.79 Å². The molecule has 0 bridgehead atoms. The predicted octanol–water partition coefficient (Wildman–Crippen LogP) is 5.76. The summed E-state index contributed by atoms with van der Waals surface area (Å²) in [6, 6.07) is 0. The predicted molar refractivity (Wildman–Crippen MR) is 96.2 cm³/mol. The normalized spacial score (nSPS) is 37.5. The molecule has 2 heteroatoms. The Morgan fingerprint density at radius 3 is 2.65 bits per heavy atom. The Bertz CT molecular complexity index is 538. The second-order valence-electron chi connectivity index (χ2n) is 8.37. The van der Waals surface area contributed by atoms with E-state index in [-0.39, 0.29) is 23.2 Å². The molecule has 2 fully saturated rings. The number of carboxylic acids is 1. The standard InChI is InChI=1S/C21H32O2/c1-15(2)8-6-11-20(4)12-7-13-21(5)17(14-19(22)23)16(3)9-10-18(20)21/h6,8,11,17-18H,3,7,9-10,12-14H2,1-2,4-5H3,(H,22,23)/t17-,18-,20+,21+/m1/s1. The molecule has 2 aliphatic carbocycles. The van der Waals surface area contributed by atoms with Gasteiger partial charge in [-0.05, 0) is 62.2 Å². The molecule has 4 atom stereocenters. The summed E-state index contributed by atoms with van der Waals surface area (Å²) >= 11 is 0. The smallest absolute Gasteiger partial charge is 0.303 e. The van der Waals surface area contributed by atoms with Crippen LogP contribution in [0.2, 0.25) is 0 Å². The van der Waals surface area contributed by atoms with Gasteiger partial charge >= 0.3 is 5.97 Å². The number of hydrogen-bond acceptors (Lipinski definition) is 1. The van der Waals surface area contributed by atoms with Crippen LogP contribution in [0.1, 0.15) is 66.2 Å². The fraction of sp³-hybridized carbons (Fsp3) is 0.667. The van der Waals surface area contributed by atoms with Gasteiger partial charge in [0, 0.05) is 0 Å². The largest absolute Gasteiger partial charge is 0.481 e. The summed E-state index contributed by atoms with van der Waals surface area (Å²) in [4.78, 5) is 11.4. The minimum Gasteiger partial charge on any atom is -0.481 e. The Morgan fingerprint density at radius 1 is 1.35 bits per heavy atom. The molecule has 0 radical (unpaired) electrons. The summed E-state index contributed by atoms with van der Waals surface area (Å²) in [7, 11) is 0. The molecule has 2 aliphatic rings. The van der Waals surface area contributed by atoms with Crippen LogP contribution < -0.4 is 0 Å². The third kappa shape index (κ3) is 3.62. The van der Waals surface area contributed by atoms with Gasteiger partial charge in [-0.2, -0.15) is 0 Å². The molecule has 0 amide bonds. The Balaban J connectivity index is 2.34. The van der Waals surface area contributed by atoms with E-state index in [9.17, 15) is 9.90 Å². The lowest BCUT2D eigenvalue weighted by Crippen LogP contribution is -2.50. The third-order valence-corrected chi connectivity index (χ3v) is 6.35. The molecular formula is C21H32O2. The van der Waals surface area contributed by atoms with Gasteiger partial charge in [0.05, 0.1) is 6.42 Å². The van der Waals surface area contributed by atoms with Crippen LogP contribution in [0.25, 0.3) is 0 Å². The maximum absolute atomic E-state index is 11.4. The quantitative estimate of drug-likeness (QED) is 0.528. The zero-order valence-electron chi connectivity index (χ0n) is 15.2. The summed E-state index contributed by atoms with van der Waals surface area (Å²) in [5, 5.41) is 9.36. The highest BCUT2D eigenvalue weighted by Gasteiger charge is 2.53. The molecular weight excluding hydrogens is 284 g/mol. The zero-order chi connectivity index (χ0) is 17.3. The van der Waals surface area contributed by atoms with Crippen molar-refractivity contribution in [3.05, 3.63) is 36.0 Å². The van der Waals surface area contributed by atoms with Crippen LogP contribution in [0.5, 0.6) is 0 Å². The van der Waals surface area contributed by atoms with Crippen LogP contribution in [0.3, 0.4) is 0 Å². The monoisotopic (exact) mass is 316 g/mol. The Hall–Kier alpha value is -1.31. The molecule has 1 N–H and O–H groups in total. The van der Waals surface area contributed by atoms with E-state index in [1.807, 2.05) is 0 Å². The molecule has 0 saturated heterocycles.